The molecule has 0 spiro atoms. The maximum absolute atomic E-state index is 14.9. The van der Waals surface area contributed by atoms with Crippen molar-refractivity contribution in [1.29, 1.82) is 0 Å². The van der Waals surface area contributed by atoms with Crippen molar-refractivity contribution in [2.75, 3.05) is 76.9 Å². The van der Waals surface area contributed by atoms with Gasteiger partial charge in [0.2, 0.25) is 5.91 Å². The summed E-state index contributed by atoms with van der Waals surface area (Å²) < 4.78 is 25.1. The van der Waals surface area contributed by atoms with Crippen molar-refractivity contribution in [1.82, 2.24) is 15.1 Å². The van der Waals surface area contributed by atoms with Crippen LogP contribution in [-0.2, 0) is 14.3 Å². The summed E-state index contributed by atoms with van der Waals surface area (Å²) in [6.07, 6.45) is -0.897. The molecule has 9 nitrogen and oxygen atoms in total. The van der Waals surface area contributed by atoms with E-state index in [0.717, 1.165) is 0 Å². The number of benzene rings is 1. The smallest absolute Gasteiger partial charge is 0.414 e. The van der Waals surface area contributed by atoms with Gasteiger partial charge < -0.3 is 29.5 Å². The Bertz CT molecular complexity index is 832. The third-order valence-electron chi connectivity index (χ3n) is 5.25. The second-order valence-corrected chi connectivity index (χ2v) is 8.02. The molecular weight excluding hydrogens is 425 g/mol. The quantitative estimate of drug-likeness (QED) is 0.637. The normalized spacial score (nSPS) is 18.8. The van der Waals surface area contributed by atoms with Crippen LogP contribution in [0.2, 0.25) is 0 Å². The first-order chi connectivity index (χ1) is 14.8. The van der Waals surface area contributed by atoms with E-state index in [4.69, 9.17) is 21.7 Å². The van der Waals surface area contributed by atoms with Crippen LogP contribution in [0.15, 0.2) is 18.2 Å². The molecular formula is C20H28FN5O4S. The van der Waals surface area contributed by atoms with E-state index in [1.807, 2.05) is 19.0 Å². The van der Waals surface area contributed by atoms with Gasteiger partial charge in [0.1, 0.15) is 18.5 Å². The van der Waals surface area contributed by atoms with Crippen LogP contribution in [0.25, 0.3) is 0 Å². The van der Waals surface area contributed by atoms with E-state index in [1.54, 1.807) is 21.9 Å². The number of hydrogen-bond acceptors (Lipinski definition) is 6. The summed E-state index contributed by atoms with van der Waals surface area (Å²) in [5.74, 6) is -0.488. The highest BCUT2D eigenvalue weighted by Gasteiger charge is 2.33. The maximum Gasteiger partial charge on any atom is 0.414 e. The predicted octanol–water partition coefficient (Wildman–Crippen LogP) is 0.882. The second-order valence-electron chi connectivity index (χ2n) is 7.63. The number of methoxy groups -OCH3 is 1. The lowest BCUT2D eigenvalue weighted by atomic mass is 10.2. The summed E-state index contributed by atoms with van der Waals surface area (Å²) in [7, 11) is 5.13. The summed E-state index contributed by atoms with van der Waals surface area (Å²) in [4.78, 5) is 31.0. The van der Waals surface area contributed by atoms with Gasteiger partial charge in [0.25, 0.3) is 0 Å². The highest BCUT2D eigenvalue weighted by Crippen LogP contribution is 2.28. The number of carbonyl (C=O) groups excluding carboxylic acids is 2. The number of thiocarbonyl (C=S) groups is 1. The Morgan fingerprint density at radius 1 is 1.32 bits per heavy atom. The maximum atomic E-state index is 14.9. The van der Waals surface area contributed by atoms with E-state index in [2.05, 4.69) is 5.32 Å². The SMILES string of the molecule is COCC(=O)N1CCN(c2ccc(N3CC(CNC(=S)N(C)C)OC3=O)cc2F)CC1. The van der Waals surface area contributed by atoms with Crippen molar-refractivity contribution in [3.8, 4) is 0 Å². The Morgan fingerprint density at radius 2 is 2.03 bits per heavy atom. The molecule has 0 radical (unpaired) electrons. The van der Waals surface area contributed by atoms with Gasteiger partial charge in [-0.15, -0.1) is 0 Å². The fourth-order valence-corrected chi connectivity index (χ4v) is 3.61. The average molecular weight is 454 g/mol. The van der Waals surface area contributed by atoms with Gasteiger partial charge in [-0.1, -0.05) is 0 Å². The molecule has 2 aliphatic rings. The molecule has 2 saturated heterocycles. The molecule has 170 valence electrons. The lowest BCUT2D eigenvalue weighted by molar-refractivity contribution is -0.135. The standard InChI is InChI=1S/C20H28FN5O4S/c1-23(2)19(31)22-11-15-12-26(20(28)30-15)14-4-5-17(16(21)10-14)24-6-8-25(9-7-24)18(27)13-29-3/h4-5,10,15H,6-9,11-13H2,1-3H3,(H,22,31). The van der Waals surface area contributed by atoms with E-state index in [-0.39, 0.29) is 18.6 Å². The summed E-state index contributed by atoms with van der Waals surface area (Å²) in [6.45, 7) is 2.80. The lowest BCUT2D eigenvalue weighted by Gasteiger charge is -2.36. The Hall–Kier alpha value is -2.66. The van der Waals surface area contributed by atoms with E-state index < -0.39 is 11.9 Å². The minimum atomic E-state index is -0.514. The Kier molecular flexibility index (Phi) is 7.50. The molecule has 0 saturated carbocycles. The zero-order valence-electron chi connectivity index (χ0n) is 18.0. The Balaban J connectivity index is 1.59. The number of hydrogen-bond donors (Lipinski definition) is 1. The van der Waals surface area contributed by atoms with Crippen LogP contribution in [0.5, 0.6) is 0 Å². The summed E-state index contributed by atoms with van der Waals surface area (Å²) >= 11 is 5.17. The first kappa shape index (κ1) is 23.0. The number of carbonyl (C=O) groups is 2. The third-order valence-corrected chi connectivity index (χ3v) is 5.75. The molecule has 1 atom stereocenters. The summed E-state index contributed by atoms with van der Waals surface area (Å²) in [5, 5.41) is 3.59. The van der Waals surface area contributed by atoms with Crippen LogP contribution >= 0.6 is 12.2 Å². The predicted molar refractivity (Wildman–Crippen MR) is 119 cm³/mol. The third kappa shape index (κ3) is 5.53. The fraction of sp³-hybridized carbons (Fsp3) is 0.550. The van der Waals surface area contributed by atoms with Gasteiger partial charge in [-0.3, -0.25) is 9.69 Å². The highest BCUT2D eigenvalue weighted by atomic mass is 32.1. The van der Waals surface area contributed by atoms with Gasteiger partial charge >= 0.3 is 6.09 Å². The molecule has 1 aromatic rings. The van der Waals surface area contributed by atoms with Gasteiger partial charge in [-0.05, 0) is 30.4 Å². The summed E-state index contributed by atoms with van der Waals surface area (Å²) in [5.41, 5.74) is 0.891. The number of ether oxygens (including phenoxy) is 2. The van der Waals surface area contributed by atoms with Crippen LogP contribution in [0.1, 0.15) is 0 Å². The van der Waals surface area contributed by atoms with Crippen molar-refractivity contribution in [2.45, 2.75) is 6.10 Å². The first-order valence-electron chi connectivity index (χ1n) is 10.0. The van der Waals surface area contributed by atoms with Crippen LogP contribution < -0.4 is 15.1 Å². The number of rotatable bonds is 6. The van der Waals surface area contributed by atoms with Gasteiger partial charge in [-0.2, -0.15) is 0 Å². The molecule has 2 heterocycles. The molecule has 11 heteroatoms. The molecule has 2 fully saturated rings. The molecule has 1 N–H and O–H groups in total. The molecule has 1 aromatic carbocycles. The number of piperazine rings is 1. The highest BCUT2D eigenvalue weighted by molar-refractivity contribution is 7.80. The van der Waals surface area contributed by atoms with Gasteiger partial charge in [0, 0.05) is 47.4 Å². The number of cyclic esters (lactones) is 1. The minimum Gasteiger partial charge on any atom is -0.442 e. The van der Waals surface area contributed by atoms with Crippen molar-refractivity contribution in [2.24, 2.45) is 0 Å². The van der Waals surface area contributed by atoms with E-state index in [1.165, 1.54) is 18.1 Å². The molecule has 2 aliphatic heterocycles. The first-order valence-corrected chi connectivity index (χ1v) is 10.5. The van der Waals surface area contributed by atoms with Gasteiger partial charge in [0.15, 0.2) is 5.11 Å². The van der Waals surface area contributed by atoms with E-state index in [9.17, 15) is 14.0 Å². The molecule has 2 amide bonds. The number of anilines is 2. The fourth-order valence-electron chi connectivity index (χ4n) is 3.53. The van der Waals surface area contributed by atoms with Crippen LogP contribution in [0.3, 0.4) is 0 Å². The van der Waals surface area contributed by atoms with Crippen LogP contribution in [-0.4, -0.2) is 100 Å². The van der Waals surface area contributed by atoms with Crippen LogP contribution in [0.4, 0.5) is 20.6 Å². The molecule has 0 aliphatic carbocycles. The zero-order chi connectivity index (χ0) is 22.5. The van der Waals surface area contributed by atoms with Crippen molar-refractivity contribution in [3.05, 3.63) is 24.0 Å². The number of amides is 2. The lowest BCUT2D eigenvalue weighted by Crippen LogP contribution is -2.50. The van der Waals surface area contributed by atoms with Crippen molar-refractivity contribution >= 4 is 40.7 Å². The second kappa shape index (κ2) is 10.1. The average Bonchev–Trinajstić information content (AvgIpc) is 3.12. The van der Waals surface area contributed by atoms with Gasteiger partial charge in [-0.25, -0.2) is 9.18 Å². The molecule has 31 heavy (non-hydrogen) atoms. The number of halogens is 1. The van der Waals surface area contributed by atoms with Crippen LogP contribution in [0, 0.1) is 5.82 Å². The minimum absolute atomic E-state index is 0.0481. The van der Waals surface area contributed by atoms with Crippen molar-refractivity contribution in [3.63, 3.8) is 0 Å². The molecule has 3 rings (SSSR count). The topological polar surface area (TPSA) is 77.6 Å². The molecule has 1 unspecified atom stereocenters. The Labute approximate surface area is 186 Å². The van der Waals surface area contributed by atoms with E-state index in [0.29, 0.717) is 55.8 Å². The van der Waals surface area contributed by atoms with Crippen molar-refractivity contribution < 1.29 is 23.5 Å². The number of nitrogens with one attached hydrogen (secondary N) is 1. The zero-order valence-corrected chi connectivity index (χ0v) is 18.8. The largest absolute Gasteiger partial charge is 0.442 e. The molecule has 0 bridgehead atoms. The summed E-state index contributed by atoms with van der Waals surface area (Å²) in [6, 6.07) is 4.72. The van der Waals surface area contributed by atoms with E-state index >= 15 is 0 Å². The van der Waals surface area contributed by atoms with Gasteiger partial charge in [0.05, 0.1) is 24.5 Å². The monoisotopic (exact) mass is 453 g/mol. The Morgan fingerprint density at radius 3 is 2.65 bits per heavy atom. The molecule has 0 aromatic heterocycles. The number of nitrogens with zero attached hydrogens (tertiary/aromatic N) is 4.